The van der Waals surface area contributed by atoms with Crippen molar-refractivity contribution in [3.63, 3.8) is 0 Å². The fraction of sp³-hybridized carbons (Fsp3) is 0.208. The largest absolute Gasteiger partial charge is 0.507 e. The summed E-state index contributed by atoms with van der Waals surface area (Å²) in [6, 6.07) is 51.5. The standard InChI is InChI=1S/C53H50N3O.Pt/c1-34(2)38-27-39(35-15-10-9-11-16-35)32-44(31-38)56-48-19-14-18-45(50(48)55-51(56)46-17-12-13-20-49(46)57)40-28-41(30-43(29-40)53(6,7)8)47-33-37(25-26-54-47)36-21-23-42(24-22-36)52(3,4)5;/h9-27,29-34,57H,1-8H3;/q-1;/i34D;. The molecule has 0 aliphatic rings. The van der Waals surface area contributed by atoms with Crippen LogP contribution in [0.4, 0.5) is 0 Å². The summed E-state index contributed by atoms with van der Waals surface area (Å²) in [6.45, 7) is 17.2. The van der Waals surface area contributed by atoms with Crippen LogP contribution in [0.25, 0.3) is 72.7 Å². The van der Waals surface area contributed by atoms with Crippen LogP contribution in [0.5, 0.6) is 5.75 Å². The molecule has 0 saturated heterocycles. The second-order valence-corrected chi connectivity index (χ2v) is 17.3. The number of fused-ring (bicyclic) bond motifs is 1. The molecule has 2 heterocycles. The number of imidazole rings is 1. The first-order valence-corrected chi connectivity index (χ1v) is 19.7. The molecule has 0 amide bonds. The molecule has 0 unspecified atom stereocenters. The molecule has 0 radical (unpaired) electrons. The Morgan fingerprint density at radius 1 is 0.621 bits per heavy atom. The van der Waals surface area contributed by atoms with E-state index in [9.17, 15) is 5.11 Å². The maximum absolute atomic E-state index is 11.3. The molecule has 0 fully saturated rings. The first kappa shape index (κ1) is 39.3. The Kier molecular flexibility index (Phi) is 10.8. The van der Waals surface area contributed by atoms with E-state index in [-0.39, 0.29) is 37.6 Å². The van der Waals surface area contributed by atoms with Crippen molar-refractivity contribution in [3.8, 4) is 67.5 Å². The molecule has 6 aromatic carbocycles. The first-order chi connectivity index (χ1) is 27.5. The number of aromatic nitrogens is 3. The third-order valence-corrected chi connectivity index (χ3v) is 10.8. The van der Waals surface area contributed by atoms with E-state index in [4.69, 9.17) is 11.3 Å². The van der Waals surface area contributed by atoms with Crippen molar-refractivity contribution < 1.29 is 27.5 Å². The molecule has 0 aliphatic carbocycles. The van der Waals surface area contributed by atoms with Gasteiger partial charge in [0, 0.05) is 40.0 Å². The number of nitrogens with zero attached hydrogens (tertiary/aromatic N) is 3. The topological polar surface area (TPSA) is 50.9 Å². The summed E-state index contributed by atoms with van der Waals surface area (Å²) in [4.78, 5) is 10.3. The number of rotatable bonds is 7. The van der Waals surface area contributed by atoms with Gasteiger partial charge in [-0.15, -0.1) is 29.3 Å². The van der Waals surface area contributed by atoms with Crippen LogP contribution in [0.2, 0.25) is 0 Å². The molecule has 8 aromatic rings. The van der Waals surface area contributed by atoms with E-state index >= 15 is 0 Å². The SMILES string of the molecule is [2H]C(C)(C)c1cc(-c2ccccc2)cc(-n2c(-c3ccccc3O)nc3c(-c4[c-]c(-c5cc(-c6ccc(C(C)(C)C)cc6)ccn5)cc(C(C)(C)C)c4)cccc32)c1.[Pt]. The van der Waals surface area contributed by atoms with Gasteiger partial charge in [0.25, 0.3) is 0 Å². The molecule has 8 rings (SSSR count). The number of hydrogen-bond acceptors (Lipinski definition) is 3. The summed E-state index contributed by atoms with van der Waals surface area (Å²) in [5, 5.41) is 11.3. The molecule has 294 valence electrons. The van der Waals surface area contributed by atoms with Gasteiger partial charge >= 0.3 is 0 Å². The molecule has 4 nitrogen and oxygen atoms in total. The van der Waals surface area contributed by atoms with E-state index in [0.29, 0.717) is 11.4 Å². The monoisotopic (exact) mass is 940 g/mol. The Morgan fingerprint density at radius 2 is 1.28 bits per heavy atom. The van der Waals surface area contributed by atoms with Gasteiger partial charge in [0.05, 0.1) is 16.6 Å². The molecule has 1 N–H and O–H groups in total. The number of aromatic hydroxyl groups is 1. The molecule has 58 heavy (non-hydrogen) atoms. The van der Waals surface area contributed by atoms with Crippen LogP contribution >= 0.6 is 0 Å². The maximum Gasteiger partial charge on any atom is 0.148 e. The minimum absolute atomic E-state index is 0. The second-order valence-electron chi connectivity index (χ2n) is 17.3. The van der Waals surface area contributed by atoms with Gasteiger partial charge in [-0.25, -0.2) is 4.98 Å². The molecule has 0 bridgehead atoms. The molecular weight excluding hydrogens is 890 g/mol. The van der Waals surface area contributed by atoms with Crippen LogP contribution in [0.15, 0.2) is 146 Å². The van der Waals surface area contributed by atoms with E-state index in [1.807, 2.05) is 56.4 Å². The van der Waals surface area contributed by atoms with E-state index < -0.39 is 5.89 Å². The summed E-state index contributed by atoms with van der Waals surface area (Å²) in [7, 11) is 0. The quantitative estimate of drug-likeness (QED) is 0.162. The number of phenols is 1. The smallest absolute Gasteiger partial charge is 0.148 e. The van der Waals surface area contributed by atoms with Gasteiger partial charge in [-0.1, -0.05) is 158 Å². The van der Waals surface area contributed by atoms with E-state index in [1.165, 1.54) is 5.56 Å². The van der Waals surface area contributed by atoms with Crippen molar-refractivity contribution >= 4 is 11.0 Å². The van der Waals surface area contributed by atoms with Crippen molar-refractivity contribution in [1.29, 1.82) is 0 Å². The number of phenolic OH excluding ortho intramolecular Hbond substituents is 1. The number of pyridine rings is 1. The molecule has 0 spiro atoms. The normalized spacial score (nSPS) is 12.3. The minimum atomic E-state index is -0.865. The van der Waals surface area contributed by atoms with Crippen LogP contribution in [0, 0.1) is 6.07 Å². The zero-order valence-electron chi connectivity index (χ0n) is 35.5. The summed E-state index contributed by atoms with van der Waals surface area (Å²) < 4.78 is 11.2. The predicted octanol–water partition coefficient (Wildman–Crippen LogP) is 14.0. The van der Waals surface area contributed by atoms with E-state index in [0.717, 1.165) is 72.5 Å². The zero-order valence-corrected chi connectivity index (χ0v) is 36.7. The Bertz CT molecular complexity index is 2790. The fourth-order valence-electron chi connectivity index (χ4n) is 7.45. The fourth-order valence-corrected chi connectivity index (χ4v) is 7.45. The van der Waals surface area contributed by atoms with Crippen LogP contribution < -0.4 is 0 Å². The predicted molar refractivity (Wildman–Crippen MR) is 238 cm³/mol. The molecule has 0 aliphatic heterocycles. The Labute approximate surface area is 359 Å². The molecule has 0 saturated carbocycles. The Balaban J connectivity index is 0.00000528. The van der Waals surface area contributed by atoms with Gasteiger partial charge < -0.3 is 5.11 Å². The summed E-state index contributed by atoms with van der Waals surface area (Å²) in [5.41, 5.74) is 14.3. The number of para-hydroxylation sites is 2. The van der Waals surface area contributed by atoms with Crippen molar-refractivity contribution in [2.75, 3.05) is 0 Å². The Hall–Kier alpha value is -5.57. The minimum Gasteiger partial charge on any atom is -0.507 e. The summed E-state index contributed by atoms with van der Waals surface area (Å²) >= 11 is 0. The number of hydrogen-bond donors (Lipinski definition) is 1. The van der Waals surface area contributed by atoms with E-state index in [2.05, 4.69) is 149 Å². The van der Waals surface area contributed by atoms with Gasteiger partial charge in [-0.3, -0.25) is 9.55 Å². The van der Waals surface area contributed by atoms with Crippen LogP contribution in [0.1, 0.15) is 79.3 Å². The second kappa shape index (κ2) is 16.0. The van der Waals surface area contributed by atoms with Gasteiger partial charge in [0.15, 0.2) is 0 Å². The van der Waals surface area contributed by atoms with Crippen molar-refractivity contribution in [2.45, 2.75) is 72.1 Å². The van der Waals surface area contributed by atoms with Gasteiger partial charge in [-0.2, -0.15) is 0 Å². The van der Waals surface area contributed by atoms with Crippen molar-refractivity contribution in [2.24, 2.45) is 0 Å². The van der Waals surface area contributed by atoms with Crippen LogP contribution in [-0.4, -0.2) is 19.6 Å². The third kappa shape index (κ3) is 8.09. The first-order valence-electron chi connectivity index (χ1n) is 20.2. The molecule has 5 heteroatoms. The zero-order chi connectivity index (χ0) is 41.0. The van der Waals surface area contributed by atoms with Crippen molar-refractivity contribution in [1.82, 2.24) is 14.5 Å². The van der Waals surface area contributed by atoms with Gasteiger partial charge in [0.2, 0.25) is 0 Å². The third-order valence-electron chi connectivity index (χ3n) is 10.8. The summed E-state index contributed by atoms with van der Waals surface area (Å²) in [6.07, 6.45) is 1.89. The van der Waals surface area contributed by atoms with Crippen LogP contribution in [0.3, 0.4) is 0 Å². The molecular formula is C53H50N3OPt-. The molecule has 0 atom stereocenters. The summed E-state index contributed by atoms with van der Waals surface area (Å²) in [5.74, 6) is -0.113. The van der Waals surface area contributed by atoms with Crippen LogP contribution in [-0.2, 0) is 31.9 Å². The van der Waals surface area contributed by atoms with E-state index in [1.54, 1.807) is 6.07 Å². The average molecular weight is 941 g/mol. The maximum atomic E-state index is 11.3. The molecule has 2 aromatic heterocycles. The number of benzene rings is 6. The van der Waals surface area contributed by atoms with Gasteiger partial charge in [0.1, 0.15) is 11.6 Å². The Morgan fingerprint density at radius 3 is 1.97 bits per heavy atom. The van der Waals surface area contributed by atoms with Gasteiger partial charge in [-0.05, 0) is 86.5 Å². The van der Waals surface area contributed by atoms with Crippen molar-refractivity contribution in [3.05, 3.63) is 168 Å². The average Bonchev–Trinajstić information content (AvgIpc) is 3.60.